The van der Waals surface area contributed by atoms with Crippen LogP contribution in [0, 0.1) is 0 Å². The summed E-state index contributed by atoms with van der Waals surface area (Å²) in [7, 11) is -0.788. The maximum atomic E-state index is 12.5. The summed E-state index contributed by atoms with van der Waals surface area (Å²) in [6.45, 7) is 10.7. The SMILES string of the molecule is C=CC(=O)Nc1cc(B2OC(C)(C)C(C)(C)O2)ccc1OC(F)(F)F. The molecule has 0 bridgehead atoms. The van der Waals surface area contributed by atoms with Crippen LogP contribution in [0.5, 0.6) is 5.75 Å². The topological polar surface area (TPSA) is 56.8 Å². The van der Waals surface area contributed by atoms with Gasteiger partial charge in [-0.3, -0.25) is 4.79 Å². The van der Waals surface area contributed by atoms with Crippen molar-refractivity contribution in [3.8, 4) is 5.75 Å². The van der Waals surface area contributed by atoms with Gasteiger partial charge in [0, 0.05) is 0 Å². The van der Waals surface area contributed by atoms with Gasteiger partial charge in [0.25, 0.3) is 0 Å². The van der Waals surface area contributed by atoms with Crippen molar-refractivity contribution in [2.24, 2.45) is 0 Å². The number of carbonyl (C=O) groups is 1. The van der Waals surface area contributed by atoms with Crippen LogP contribution in [0.1, 0.15) is 27.7 Å². The standard InChI is InChI=1S/C16H19BF3NO4/c1-6-13(22)21-11-9-10(7-8-12(11)23-16(18,19)20)17-24-14(2,3)15(4,5)25-17/h6-9H,1H2,2-5H3,(H,21,22). The number of halogens is 3. The number of carbonyl (C=O) groups excluding carboxylic acids is 1. The molecule has 0 spiro atoms. The molecule has 1 aromatic rings. The highest BCUT2D eigenvalue weighted by Crippen LogP contribution is 2.37. The number of hydrogen-bond donors (Lipinski definition) is 1. The highest BCUT2D eigenvalue weighted by Gasteiger charge is 2.51. The maximum Gasteiger partial charge on any atom is 0.573 e. The second kappa shape index (κ2) is 6.38. The van der Waals surface area contributed by atoms with Gasteiger partial charge in [-0.2, -0.15) is 0 Å². The Labute approximate surface area is 144 Å². The minimum absolute atomic E-state index is 0.158. The summed E-state index contributed by atoms with van der Waals surface area (Å²) >= 11 is 0. The van der Waals surface area contributed by atoms with Crippen molar-refractivity contribution in [2.45, 2.75) is 45.3 Å². The zero-order valence-corrected chi connectivity index (χ0v) is 14.4. The molecule has 1 N–H and O–H groups in total. The summed E-state index contributed by atoms with van der Waals surface area (Å²) in [6, 6.07) is 3.82. The zero-order chi connectivity index (χ0) is 19.0. The van der Waals surface area contributed by atoms with Crippen molar-refractivity contribution in [1.29, 1.82) is 0 Å². The van der Waals surface area contributed by atoms with Crippen LogP contribution in [-0.4, -0.2) is 30.6 Å². The molecule has 0 saturated carbocycles. The molecule has 5 nitrogen and oxygen atoms in total. The van der Waals surface area contributed by atoms with E-state index in [0.717, 1.165) is 12.1 Å². The first-order chi connectivity index (χ1) is 11.3. The molecule has 136 valence electrons. The Morgan fingerprint density at radius 2 is 1.80 bits per heavy atom. The summed E-state index contributed by atoms with van der Waals surface area (Å²) in [5, 5.41) is 2.30. The van der Waals surface area contributed by atoms with Gasteiger partial charge in [0.05, 0.1) is 16.9 Å². The Kier molecular flexibility index (Phi) is 4.93. The van der Waals surface area contributed by atoms with Crippen LogP contribution in [0.2, 0.25) is 0 Å². The van der Waals surface area contributed by atoms with Gasteiger partial charge in [0.2, 0.25) is 5.91 Å². The number of rotatable bonds is 4. The lowest BCUT2D eigenvalue weighted by Crippen LogP contribution is -2.41. The minimum Gasteiger partial charge on any atom is -0.404 e. The van der Waals surface area contributed by atoms with Crippen LogP contribution in [0.4, 0.5) is 18.9 Å². The molecule has 2 rings (SSSR count). The number of amides is 1. The summed E-state index contributed by atoms with van der Waals surface area (Å²) in [5.41, 5.74) is -0.922. The van der Waals surface area contributed by atoms with Crippen molar-refractivity contribution in [3.05, 3.63) is 30.9 Å². The Morgan fingerprint density at radius 3 is 2.28 bits per heavy atom. The van der Waals surface area contributed by atoms with Crippen molar-refractivity contribution in [2.75, 3.05) is 5.32 Å². The van der Waals surface area contributed by atoms with Crippen LogP contribution in [0.25, 0.3) is 0 Å². The minimum atomic E-state index is -4.89. The van der Waals surface area contributed by atoms with E-state index in [9.17, 15) is 18.0 Å². The summed E-state index contributed by atoms with van der Waals surface area (Å²) < 4.78 is 53.3. The fourth-order valence-corrected chi connectivity index (χ4v) is 2.17. The van der Waals surface area contributed by atoms with E-state index in [1.54, 1.807) is 0 Å². The predicted molar refractivity (Wildman–Crippen MR) is 87.7 cm³/mol. The van der Waals surface area contributed by atoms with Crippen LogP contribution in [0.15, 0.2) is 30.9 Å². The lowest BCUT2D eigenvalue weighted by molar-refractivity contribution is -0.274. The third kappa shape index (κ3) is 4.35. The van der Waals surface area contributed by atoms with Gasteiger partial charge >= 0.3 is 13.5 Å². The average molecular weight is 357 g/mol. The predicted octanol–water partition coefficient (Wildman–Crippen LogP) is 3.01. The van der Waals surface area contributed by atoms with E-state index >= 15 is 0 Å². The first-order valence-electron chi connectivity index (χ1n) is 7.53. The number of hydrogen-bond acceptors (Lipinski definition) is 4. The maximum absolute atomic E-state index is 12.5. The third-order valence-electron chi connectivity index (χ3n) is 4.20. The van der Waals surface area contributed by atoms with Crippen molar-refractivity contribution in [3.63, 3.8) is 0 Å². The van der Waals surface area contributed by atoms with Crippen LogP contribution < -0.4 is 15.5 Å². The second-order valence-corrected chi connectivity index (χ2v) is 6.59. The highest BCUT2D eigenvalue weighted by molar-refractivity contribution is 6.62. The summed E-state index contributed by atoms with van der Waals surface area (Å²) in [4.78, 5) is 11.5. The first-order valence-corrected chi connectivity index (χ1v) is 7.53. The Morgan fingerprint density at radius 1 is 1.24 bits per heavy atom. The molecule has 0 aromatic heterocycles. The van der Waals surface area contributed by atoms with E-state index < -0.39 is 36.3 Å². The molecule has 0 atom stereocenters. The molecule has 1 amide bonds. The lowest BCUT2D eigenvalue weighted by atomic mass is 9.79. The molecule has 1 aliphatic heterocycles. The van der Waals surface area contributed by atoms with Crippen molar-refractivity contribution >= 4 is 24.2 Å². The van der Waals surface area contributed by atoms with Crippen LogP contribution in [-0.2, 0) is 14.1 Å². The fraction of sp³-hybridized carbons (Fsp3) is 0.438. The smallest absolute Gasteiger partial charge is 0.404 e. The molecule has 1 fully saturated rings. The van der Waals surface area contributed by atoms with Crippen LogP contribution >= 0.6 is 0 Å². The number of anilines is 1. The quantitative estimate of drug-likeness (QED) is 0.665. The van der Waals surface area contributed by atoms with Gasteiger partial charge in [0.1, 0.15) is 0 Å². The number of benzene rings is 1. The Balaban J connectivity index is 2.37. The van der Waals surface area contributed by atoms with Gasteiger partial charge in [-0.05, 0) is 51.4 Å². The van der Waals surface area contributed by atoms with Gasteiger partial charge < -0.3 is 19.4 Å². The van der Waals surface area contributed by atoms with Crippen molar-refractivity contribution < 1.29 is 32.0 Å². The number of nitrogens with one attached hydrogen (secondary N) is 1. The zero-order valence-electron chi connectivity index (χ0n) is 14.4. The van der Waals surface area contributed by atoms with Crippen molar-refractivity contribution in [1.82, 2.24) is 0 Å². The van der Waals surface area contributed by atoms with E-state index in [0.29, 0.717) is 5.46 Å². The average Bonchev–Trinajstić information content (AvgIpc) is 2.67. The molecule has 0 unspecified atom stereocenters. The first kappa shape index (κ1) is 19.3. The van der Waals surface area contributed by atoms with Gasteiger partial charge in [-0.25, -0.2) is 0 Å². The van der Waals surface area contributed by atoms with E-state index in [1.807, 2.05) is 27.7 Å². The molecule has 1 saturated heterocycles. The molecule has 25 heavy (non-hydrogen) atoms. The van der Waals surface area contributed by atoms with E-state index in [-0.39, 0.29) is 5.69 Å². The van der Waals surface area contributed by atoms with E-state index in [4.69, 9.17) is 9.31 Å². The van der Waals surface area contributed by atoms with Gasteiger partial charge in [-0.1, -0.05) is 12.6 Å². The molecule has 1 aliphatic rings. The largest absolute Gasteiger partial charge is 0.573 e. The molecule has 9 heteroatoms. The second-order valence-electron chi connectivity index (χ2n) is 6.59. The molecular formula is C16H19BF3NO4. The van der Waals surface area contributed by atoms with Gasteiger partial charge in [0.15, 0.2) is 5.75 Å². The molecule has 0 radical (unpaired) electrons. The lowest BCUT2D eigenvalue weighted by Gasteiger charge is -2.32. The monoisotopic (exact) mass is 357 g/mol. The Bertz CT molecular complexity index is 672. The van der Waals surface area contributed by atoms with E-state index in [2.05, 4.69) is 16.6 Å². The normalized spacial score (nSPS) is 18.8. The molecule has 1 aromatic carbocycles. The van der Waals surface area contributed by atoms with Crippen LogP contribution in [0.3, 0.4) is 0 Å². The Hall–Kier alpha value is -2.00. The molecule has 1 heterocycles. The molecule has 0 aliphatic carbocycles. The summed E-state index contributed by atoms with van der Waals surface area (Å²) in [5.74, 6) is -1.21. The number of alkyl halides is 3. The number of ether oxygens (including phenoxy) is 1. The summed E-state index contributed by atoms with van der Waals surface area (Å²) in [6.07, 6.45) is -3.95. The third-order valence-corrected chi connectivity index (χ3v) is 4.20. The highest BCUT2D eigenvalue weighted by atomic mass is 19.4. The van der Waals surface area contributed by atoms with Gasteiger partial charge in [-0.15, -0.1) is 13.2 Å². The van der Waals surface area contributed by atoms with E-state index in [1.165, 1.54) is 12.1 Å². The molecular weight excluding hydrogens is 338 g/mol. The fourth-order valence-electron chi connectivity index (χ4n) is 2.17.